The molecule has 0 bridgehead atoms. The average Bonchev–Trinajstić information content (AvgIpc) is 2.32. The number of benzene rings is 1. The molecule has 3 nitrogen and oxygen atoms in total. The van der Waals surface area contributed by atoms with E-state index in [4.69, 9.17) is 10.5 Å². The maximum Gasteiger partial charge on any atom is 0.319 e. The number of rotatable bonds is 6. The lowest BCUT2D eigenvalue weighted by Gasteiger charge is -2.15. The van der Waals surface area contributed by atoms with Gasteiger partial charge in [0.15, 0.2) is 0 Å². The Morgan fingerprint density at radius 1 is 1.50 bits per heavy atom. The Kier molecular flexibility index (Phi) is 6.57. The first-order valence-corrected chi connectivity index (χ1v) is 7.64. The lowest BCUT2D eigenvalue weighted by Crippen LogP contribution is -2.20. The molecule has 0 heterocycles. The van der Waals surface area contributed by atoms with Crippen molar-refractivity contribution >= 4 is 39.3 Å². The van der Waals surface area contributed by atoms with Crippen LogP contribution in [0.2, 0.25) is 0 Å². The molecular weight excluding hydrogens is 314 g/mol. The molecule has 0 aliphatic carbocycles. The lowest BCUT2D eigenvalue weighted by molar-refractivity contribution is -0.142. The van der Waals surface area contributed by atoms with Crippen molar-refractivity contribution in [2.24, 2.45) is 0 Å². The molecule has 1 aromatic rings. The van der Waals surface area contributed by atoms with Crippen LogP contribution in [0.15, 0.2) is 27.6 Å². The molecule has 0 aliphatic rings. The molecular formula is C13H18BrNO2S. The molecule has 0 saturated heterocycles. The van der Waals surface area contributed by atoms with Crippen LogP contribution in [0.25, 0.3) is 0 Å². The number of carbonyl (C=O) groups is 1. The van der Waals surface area contributed by atoms with Gasteiger partial charge in [-0.15, -0.1) is 11.8 Å². The maximum atomic E-state index is 11.8. The number of carbonyl (C=O) groups excluding carboxylic acids is 1. The molecule has 1 unspecified atom stereocenters. The fraction of sp³-hybridized carbons (Fsp3) is 0.462. The Labute approximate surface area is 121 Å². The second kappa shape index (κ2) is 7.69. The van der Waals surface area contributed by atoms with Gasteiger partial charge in [0.25, 0.3) is 0 Å². The summed E-state index contributed by atoms with van der Waals surface area (Å²) >= 11 is 4.98. The van der Waals surface area contributed by atoms with Crippen LogP contribution in [0.1, 0.15) is 26.7 Å². The molecule has 100 valence electrons. The number of thioether (sulfide) groups is 1. The Morgan fingerprint density at radius 2 is 2.22 bits per heavy atom. The third kappa shape index (κ3) is 4.53. The van der Waals surface area contributed by atoms with Gasteiger partial charge in [0.1, 0.15) is 5.25 Å². The number of halogens is 1. The van der Waals surface area contributed by atoms with Crippen molar-refractivity contribution in [1.82, 2.24) is 0 Å². The summed E-state index contributed by atoms with van der Waals surface area (Å²) in [5, 5.41) is -0.158. The third-order valence-electron chi connectivity index (χ3n) is 2.33. The highest BCUT2D eigenvalue weighted by molar-refractivity contribution is 9.10. The molecule has 0 aliphatic heterocycles. The topological polar surface area (TPSA) is 52.3 Å². The van der Waals surface area contributed by atoms with Gasteiger partial charge >= 0.3 is 5.97 Å². The van der Waals surface area contributed by atoms with E-state index in [-0.39, 0.29) is 11.2 Å². The number of ether oxygens (including phenoxy) is 1. The van der Waals surface area contributed by atoms with Gasteiger partial charge in [-0.3, -0.25) is 4.79 Å². The SMILES string of the molecule is CCCC(Sc1ccc(N)cc1Br)C(=O)OCC. The maximum absolute atomic E-state index is 11.8. The van der Waals surface area contributed by atoms with Gasteiger partial charge in [0.05, 0.1) is 6.61 Å². The van der Waals surface area contributed by atoms with Gasteiger partial charge in [-0.1, -0.05) is 13.3 Å². The van der Waals surface area contributed by atoms with Crippen LogP contribution in [0.4, 0.5) is 5.69 Å². The molecule has 0 amide bonds. The van der Waals surface area contributed by atoms with E-state index in [0.29, 0.717) is 12.3 Å². The van der Waals surface area contributed by atoms with Gasteiger partial charge < -0.3 is 10.5 Å². The van der Waals surface area contributed by atoms with E-state index >= 15 is 0 Å². The summed E-state index contributed by atoms with van der Waals surface area (Å²) in [6.07, 6.45) is 1.75. The van der Waals surface area contributed by atoms with Crippen LogP contribution in [0, 0.1) is 0 Å². The first-order valence-electron chi connectivity index (χ1n) is 5.96. The highest BCUT2D eigenvalue weighted by Gasteiger charge is 2.21. The summed E-state index contributed by atoms with van der Waals surface area (Å²) in [4.78, 5) is 12.8. The van der Waals surface area contributed by atoms with Gasteiger partial charge in [-0.25, -0.2) is 0 Å². The number of esters is 1. The standard InChI is InChI=1S/C13H18BrNO2S/c1-3-5-12(13(16)17-4-2)18-11-7-6-9(15)8-10(11)14/h6-8,12H,3-5,15H2,1-2H3. The quantitative estimate of drug-likeness (QED) is 0.488. The Bertz CT molecular complexity index is 412. The molecule has 1 aromatic carbocycles. The first kappa shape index (κ1) is 15.4. The second-order valence-corrected chi connectivity index (χ2v) is 5.94. The average molecular weight is 332 g/mol. The van der Waals surface area contributed by atoms with E-state index in [1.54, 1.807) is 0 Å². The van der Waals surface area contributed by atoms with E-state index in [1.165, 1.54) is 11.8 Å². The molecule has 0 aromatic heterocycles. The summed E-state index contributed by atoms with van der Waals surface area (Å²) in [5.74, 6) is -0.145. The zero-order valence-electron chi connectivity index (χ0n) is 10.6. The van der Waals surface area contributed by atoms with E-state index < -0.39 is 0 Å². The monoisotopic (exact) mass is 331 g/mol. The predicted octanol–water partition coefficient (Wildman–Crippen LogP) is 3.86. The fourth-order valence-electron chi connectivity index (χ4n) is 1.49. The first-order chi connectivity index (χ1) is 8.58. The van der Waals surface area contributed by atoms with Crippen LogP contribution in [0.3, 0.4) is 0 Å². The van der Waals surface area contributed by atoms with E-state index in [2.05, 4.69) is 22.9 Å². The van der Waals surface area contributed by atoms with E-state index in [9.17, 15) is 4.79 Å². The van der Waals surface area contributed by atoms with Crippen molar-refractivity contribution in [2.45, 2.75) is 36.8 Å². The van der Waals surface area contributed by atoms with Crippen LogP contribution >= 0.6 is 27.7 Å². The minimum Gasteiger partial charge on any atom is -0.465 e. The summed E-state index contributed by atoms with van der Waals surface area (Å²) in [7, 11) is 0. The number of hydrogen-bond donors (Lipinski definition) is 1. The molecule has 0 spiro atoms. The number of hydrogen-bond acceptors (Lipinski definition) is 4. The summed E-state index contributed by atoms with van der Waals surface area (Å²) in [6, 6.07) is 5.60. The van der Waals surface area contributed by atoms with Crippen molar-refractivity contribution in [3.05, 3.63) is 22.7 Å². The molecule has 2 N–H and O–H groups in total. The molecule has 1 rings (SSSR count). The zero-order chi connectivity index (χ0) is 13.5. The Morgan fingerprint density at radius 3 is 2.78 bits per heavy atom. The number of nitrogens with two attached hydrogens (primary N) is 1. The summed E-state index contributed by atoms with van der Waals surface area (Å²) < 4.78 is 6.01. The van der Waals surface area contributed by atoms with Crippen LogP contribution in [0.5, 0.6) is 0 Å². The number of anilines is 1. The van der Waals surface area contributed by atoms with Crippen molar-refractivity contribution in [3.63, 3.8) is 0 Å². The molecule has 0 fully saturated rings. The largest absolute Gasteiger partial charge is 0.465 e. The smallest absolute Gasteiger partial charge is 0.319 e. The number of nitrogen functional groups attached to an aromatic ring is 1. The Balaban J connectivity index is 2.79. The van der Waals surface area contributed by atoms with Crippen molar-refractivity contribution < 1.29 is 9.53 Å². The van der Waals surface area contributed by atoms with Crippen LogP contribution < -0.4 is 5.73 Å². The molecule has 5 heteroatoms. The normalized spacial score (nSPS) is 12.2. The third-order valence-corrected chi connectivity index (χ3v) is 4.57. The van der Waals surface area contributed by atoms with Gasteiger partial charge in [0, 0.05) is 15.1 Å². The second-order valence-electron chi connectivity index (χ2n) is 3.84. The van der Waals surface area contributed by atoms with Gasteiger partial charge in [-0.2, -0.15) is 0 Å². The fourth-order valence-corrected chi connectivity index (χ4v) is 3.31. The van der Waals surface area contributed by atoms with Crippen molar-refractivity contribution in [2.75, 3.05) is 12.3 Å². The predicted molar refractivity (Wildman–Crippen MR) is 79.7 cm³/mol. The summed E-state index contributed by atoms with van der Waals surface area (Å²) in [6.45, 7) is 4.30. The van der Waals surface area contributed by atoms with E-state index in [0.717, 1.165) is 22.2 Å². The van der Waals surface area contributed by atoms with Gasteiger partial charge in [-0.05, 0) is 47.5 Å². The molecule has 0 radical (unpaired) electrons. The van der Waals surface area contributed by atoms with Crippen molar-refractivity contribution in [1.29, 1.82) is 0 Å². The Hall–Kier alpha value is -0.680. The van der Waals surface area contributed by atoms with Crippen molar-refractivity contribution in [3.8, 4) is 0 Å². The molecule has 18 heavy (non-hydrogen) atoms. The summed E-state index contributed by atoms with van der Waals surface area (Å²) in [5.41, 5.74) is 6.40. The zero-order valence-corrected chi connectivity index (χ0v) is 13.0. The molecule has 1 atom stereocenters. The minimum absolute atomic E-state index is 0.145. The van der Waals surface area contributed by atoms with Gasteiger partial charge in [0.2, 0.25) is 0 Å². The highest BCUT2D eigenvalue weighted by atomic mass is 79.9. The minimum atomic E-state index is -0.158. The van der Waals surface area contributed by atoms with Crippen LogP contribution in [-0.2, 0) is 9.53 Å². The van der Waals surface area contributed by atoms with Crippen LogP contribution in [-0.4, -0.2) is 17.8 Å². The lowest BCUT2D eigenvalue weighted by atomic mass is 10.2. The highest BCUT2D eigenvalue weighted by Crippen LogP contribution is 2.34. The van der Waals surface area contributed by atoms with E-state index in [1.807, 2.05) is 25.1 Å². The molecule has 0 saturated carbocycles.